The van der Waals surface area contributed by atoms with Crippen LogP contribution < -0.4 is 5.32 Å². The number of carbonyl (C=O) groups excluding carboxylic acids is 1. The Hall–Kier alpha value is -1.86. The molecule has 1 unspecified atom stereocenters. The zero-order chi connectivity index (χ0) is 15.5. The average molecular weight is 333 g/mol. The van der Waals surface area contributed by atoms with Crippen LogP contribution in [0.3, 0.4) is 0 Å². The van der Waals surface area contributed by atoms with Crippen LogP contribution in [0.25, 0.3) is 10.2 Å². The lowest BCUT2D eigenvalue weighted by Gasteiger charge is -2.08. The minimum absolute atomic E-state index is 0.0371. The monoisotopic (exact) mass is 333 g/mol. The van der Waals surface area contributed by atoms with Gasteiger partial charge in [0.15, 0.2) is 4.34 Å². The standard InChI is InChI=1S/C15H15N3O2S2/c1-9-7-11(18-20-9)8-16-14(19)10(2)21-15-17-12-5-3-4-6-13(12)22-15/h3-7,10H,8H2,1-2H3,(H,16,19). The normalized spacial score (nSPS) is 12.5. The largest absolute Gasteiger partial charge is 0.361 e. The number of aryl methyl sites for hydroxylation is 1. The maximum atomic E-state index is 12.1. The molecule has 0 aliphatic heterocycles. The van der Waals surface area contributed by atoms with E-state index in [0.29, 0.717) is 6.54 Å². The third kappa shape index (κ3) is 3.48. The Morgan fingerprint density at radius 3 is 3.00 bits per heavy atom. The Balaban J connectivity index is 1.58. The summed E-state index contributed by atoms with van der Waals surface area (Å²) in [5, 5.41) is 6.50. The van der Waals surface area contributed by atoms with Crippen LogP contribution in [-0.4, -0.2) is 21.3 Å². The molecular weight excluding hydrogens is 318 g/mol. The Labute approximate surface area is 136 Å². The molecule has 0 radical (unpaired) electrons. The molecule has 0 fully saturated rings. The Morgan fingerprint density at radius 2 is 2.27 bits per heavy atom. The number of nitrogens with one attached hydrogen (secondary N) is 1. The van der Waals surface area contributed by atoms with Gasteiger partial charge in [0, 0.05) is 6.07 Å². The lowest BCUT2D eigenvalue weighted by atomic mass is 10.3. The number of fused-ring (bicyclic) bond motifs is 1. The van der Waals surface area contributed by atoms with Gasteiger partial charge in [-0.05, 0) is 26.0 Å². The van der Waals surface area contributed by atoms with Crippen molar-refractivity contribution >= 4 is 39.2 Å². The van der Waals surface area contributed by atoms with E-state index in [2.05, 4.69) is 15.5 Å². The van der Waals surface area contributed by atoms with Crippen molar-refractivity contribution in [1.82, 2.24) is 15.5 Å². The van der Waals surface area contributed by atoms with E-state index < -0.39 is 0 Å². The van der Waals surface area contributed by atoms with E-state index in [1.54, 1.807) is 11.3 Å². The molecule has 0 saturated heterocycles. The summed E-state index contributed by atoms with van der Waals surface area (Å²) in [5.74, 6) is 0.700. The maximum absolute atomic E-state index is 12.1. The molecule has 2 aromatic heterocycles. The number of thioether (sulfide) groups is 1. The van der Waals surface area contributed by atoms with Gasteiger partial charge in [0.25, 0.3) is 0 Å². The molecule has 3 aromatic rings. The minimum atomic E-state index is -0.214. The first-order chi connectivity index (χ1) is 10.6. The van der Waals surface area contributed by atoms with Crippen molar-refractivity contribution in [1.29, 1.82) is 0 Å². The number of nitrogens with zero attached hydrogens (tertiary/aromatic N) is 2. The second-order valence-corrected chi connectivity index (χ2v) is 7.47. The second kappa shape index (κ2) is 6.50. The van der Waals surface area contributed by atoms with Gasteiger partial charge in [0.05, 0.1) is 22.0 Å². The molecular formula is C15H15N3O2S2. The summed E-state index contributed by atoms with van der Waals surface area (Å²) in [7, 11) is 0. The molecule has 0 aliphatic rings. The van der Waals surface area contributed by atoms with Gasteiger partial charge in [0.2, 0.25) is 5.91 Å². The van der Waals surface area contributed by atoms with Gasteiger partial charge in [-0.1, -0.05) is 29.1 Å². The van der Waals surface area contributed by atoms with E-state index in [1.807, 2.05) is 44.2 Å². The zero-order valence-corrected chi connectivity index (χ0v) is 13.8. The van der Waals surface area contributed by atoms with Gasteiger partial charge in [-0.15, -0.1) is 11.3 Å². The third-order valence-corrected chi connectivity index (χ3v) is 5.27. The number of para-hydroxylation sites is 1. The van der Waals surface area contributed by atoms with Gasteiger partial charge < -0.3 is 9.84 Å². The molecule has 0 bridgehead atoms. The number of hydrogen-bond acceptors (Lipinski definition) is 6. The summed E-state index contributed by atoms with van der Waals surface area (Å²) < 4.78 is 7.01. The predicted molar refractivity (Wildman–Crippen MR) is 88.0 cm³/mol. The summed E-state index contributed by atoms with van der Waals surface area (Å²) in [5.41, 5.74) is 1.70. The van der Waals surface area contributed by atoms with Crippen molar-refractivity contribution in [2.75, 3.05) is 0 Å². The average Bonchev–Trinajstić information content (AvgIpc) is 3.09. The summed E-state index contributed by atoms with van der Waals surface area (Å²) >= 11 is 3.07. The van der Waals surface area contributed by atoms with E-state index in [1.165, 1.54) is 11.8 Å². The molecule has 7 heteroatoms. The lowest BCUT2D eigenvalue weighted by Crippen LogP contribution is -2.30. The summed E-state index contributed by atoms with van der Waals surface area (Å²) in [6, 6.07) is 9.78. The molecule has 0 spiro atoms. The second-order valence-electron chi connectivity index (χ2n) is 4.85. The fourth-order valence-electron chi connectivity index (χ4n) is 1.93. The highest BCUT2D eigenvalue weighted by atomic mass is 32.2. The molecule has 1 atom stereocenters. The van der Waals surface area contributed by atoms with Gasteiger partial charge in [0.1, 0.15) is 11.5 Å². The zero-order valence-electron chi connectivity index (χ0n) is 12.2. The number of rotatable bonds is 5. The molecule has 5 nitrogen and oxygen atoms in total. The van der Waals surface area contributed by atoms with Crippen LogP contribution in [-0.2, 0) is 11.3 Å². The topological polar surface area (TPSA) is 68.0 Å². The van der Waals surface area contributed by atoms with Crippen LogP contribution in [0.2, 0.25) is 0 Å². The van der Waals surface area contributed by atoms with Gasteiger partial charge in [-0.3, -0.25) is 4.79 Å². The molecule has 1 aromatic carbocycles. The fraction of sp³-hybridized carbons (Fsp3) is 0.267. The van der Waals surface area contributed by atoms with Crippen LogP contribution in [0, 0.1) is 6.92 Å². The number of amides is 1. The van der Waals surface area contributed by atoms with Crippen molar-refractivity contribution in [2.45, 2.75) is 30.0 Å². The van der Waals surface area contributed by atoms with Crippen LogP contribution in [0.15, 0.2) is 39.2 Å². The van der Waals surface area contributed by atoms with E-state index in [9.17, 15) is 4.79 Å². The van der Waals surface area contributed by atoms with Gasteiger partial charge in [-0.25, -0.2) is 4.98 Å². The third-order valence-electron chi connectivity index (χ3n) is 3.04. The van der Waals surface area contributed by atoms with Gasteiger partial charge >= 0.3 is 0 Å². The van der Waals surface area contributed by atoms with Crippen molar-refractivity contribution in [3.8, 4) is 0 Å². The highest BCUT2D eigenvalue weighted by Crippen LogP contribution is 2.31. The molecule has 114 valence electrons. The summed E-state index contributed by atoms with van der Waals surface area (Å²) in [6.45, 7) is 4.07. The fourth-order valence-corrected chi connectivity index (χ4v) is 4.16. The van der Waals surface area contributed by atoms with Crippen LogP contribution in [0.5, 0.6) is 0 Å². The number of benzene rings is 1. The number of carbonyl (C=O) groups is 1. The molecule has 1 N–H and O–H groups in total. The highest BCUT2D eigenvalue weighted by molar-refractivity contribution is 8.02. The van der Waals surface area contributed by atoms with Crippen LogP contribution in [0.1, 0.15) is 18.4 Å². The first-order valence-corrected chi connectivity index (χ1v) is 8.53. The minimum Gasteiger partial charge on any atom is -0.361 e. The SMILES string of the molecule is Cc1cc(CNC(=O)C(C)Sc2nc3ccccc3s2)no1. The van der Waals surface area contributed by atoms with Crippen molar-refractivity contribution < 1.29 is 9.32 Å². The van der Waals surface area contributed by atoms with E-state index in [0.717, 1.165) is 26.0 Å². The quantitative estimate of drug-likeness (QED) is 0.725. The Kier molecular flexibility index (Phi) is 4.44. The summed E-state index contributed by atoms with van der Waals surface area (Å²) in [6.07, 6.45) is 0. The van der Waals surface area contributed by atoms with Crippen molar-refractivity contribution in [3.63, 3.8) is 0 Å². The number of hydrogen-bond donors (Lipinski definition) is 1. The molecule has 3 rings (SSSR count). The van der Waals surface area contributed by atoms with Crippen molar-refractivity contribution in [2.24, 2.45) is 0 Å². The smallest absolute Gasteiger partial charge is 0.233 e. The molecule has 22 heavy (non-hydrogen) atoms. The number of thiazole rings is 1. The molecule has 2 heterocycles. The van der Waals surface area contributed by atoms with E-state index in [4.69, 9.17) is 4.52 Å². The molecule has 1 amide bonds. The maximum Gasteiger partial charge on any atom is 0.233 e. The highest BCUT2D eigenvalue weighted by Gasteiger charge is 2.17. The van der Waals surface area contributed by atoms with E-state index in [-0.39, 0.29) is 11.2 Å². The Morgan fingerprint density at radius 1 is 1.45 bits per heavy atom. The van der Waals surface area contributed by atoms with Gasteiger partial charge in [-0.2, -0.15) is 0 Å². The lowest BCUT2D eigenvalue weighted by molar-refractivity contribution is -0.120. The number of aromatic nitrogens is 2. The van der Waals surface area contributed by atoms with Crippen LogP contribution in [0.4, 0.5) is 0 Å². The molecule has 0 aliphatic carbocycles. The van der Waals surface area contributed by atoms with E-state index >= 15 is 0 Å². The summed E-state index contributed by atoms with van der Waals surface area (Å²) in [4.78, 5) is 16.7. The Bertz CT molecular complexity index is 764. The van der Waals surface area contributed by atoms with Crippen LogP contribution >= 0.6 is 23.1 Å². The predicted octanol–water partition coefficient (Wildman–Crippen LogP) is 3.39. The molecule has 0 saturated carbocycles. The first-order valence-electron chi connectivity index (χ1n) is 6.84. The van der Waals surface area contributed by atoms with Crippen molar-refractivity contribution in [3.05, 3.63) is 41.8 Å². The first kappa shape index (κ1) is 15.1.